The van der Waals surface area contributed by atoms with E-state index in [-0.39, 0.29) is 17.7 Å². The van der Waals surface area contributed by atoms with Crippen LogP contribution in [0.3, 0.4) is 0 Å². The zero-order valence-corrected chi connectivity index (χ0v) is 13.2. The van der Waals surface area contributed by atoms with E-state index >= 15 is 0 Å². The molecule has 5 heteroatoms. The van der Waals surface area contributed by atoms with Crippen LogP contribution in [0.1, 0.15) is 52.4 Å². The maximum Gasteiger partial charge on any atom is 0.326 e. The van der Waals surface area contributed by atoms with Crippen molar-refractivity contribution in [2.75, 3.05) is 13.1 Å². The lowest BCUT2D eigenvalue weighted by Gasteiger charge is -2.35. The molecule has 1 amide bonds. The topological polar surface area (TPSA) is 78.4 Å². The highest BCUT2D eigenvalue weighted by molar-refractivity contribution is 5.88. The molecule has 2 atom stereocenters. The lowest BCUT2D eigenvalue weighted by atomic mass is 9.75. The Labute approximate surface area is 126 Å². The van der Waals surface area contributed by atoms with Gasteiger partial charge >= 0.3 is 5.97 Å². The highest BCUT2D eigenvalue weighted by Crippen LogP contribution is 2.35. The van der Waals surface area contributed by atoms with Gasteiger partial charge in [-0.05, 0) is 37.6 Å². The van der Waals surface area contributed by atoms with Crippen LogP contribution < -0.4 is 10.6 Å². The van der Waals surface area contributed by atoms with E-state index in [1.165, 1.54) is 6.42 Å². The fourth-order valence-electron chi connectivity index (χ4n) is 3.79. The fourth-order valence-corrected chi connectivity index (χ4v) is 3.79. The minimum atomic E-state index is -0.889. The Morgan fingerprint density at radius 1 is 1.24 bits per heavy atom. The standard InChI is InChI=1S/C16H28N2O3/c1-11(2)16(8-9-17-10-16)15(21)18-13(14(19)20)12-6-4-3-5-7-12/h11-13,17H,3-10H2,1-2H3,(H,18,21)(H,19,20). The number of carboxylic acid groups (broad SMARTS) is 1. The molecule has 5 nitrogen and oxygen atoms in total. The fraction of sp³-hybridized carbons (Fsp3) is 0.875. The molecule has 0 radical (unpaired) electrons. The van der Waals surface area contributed by atoms with Gasteiger partial charge in [-0.15, -0.1) is 0 Å². The first kappa shape index (κ1) is 16.3. The summed E-state index contributed by atoms with van der Waals surface area (Å²) in [5.41, 5.74) is -0.456. The van der Waals surface area contributed by atoms with Crippen molar-refractivity contribution in [3.8, 4) is 0 Å². The number of hydrogen-bond acceptors (Lipinski definition) is 3. The third kappa shape index (κ3) is 3.39. The van der Waals surface area contributed by atoms with Gasteiger partial charge in [0.1, 0.15) is 6.04 Å². The Kier molecular flexibility index (Phi) is 5.25. The second-order valence-corrected chi connectivity index (χ2v) is 6.93. The SMILES string of the molecule is CC(C)C1(C(=O)NC(C(=O)O)C2CCCCC2)CCNC1. The van der Waals surface area contributed by atoms with Crippen molar-refractivity contribution >= 4 is 11.9 Å². The zero-order valence-electron chi connectivity index (χ0n) is 13.2. The number of aliphatic carboxylic acids is 1. The maximum absolute atomic E-state index is 12.8. The smallest absolute Gasteiger partial charge is 0.326 e. The predicted molar refractivity (Wildman–Crippen MR) is 80.9 cm³/mol. The highest BCUT2D eigenvalue weighted by atomic mass is 16.4. The van der Waals surface area contributed by atoms with Gasteiger partial charge < -0.3 is 15.7 Å². The summed E-state index contributed by atoms with van der Waals surface area (Å²) >= 11 is 0. The lowest BCUT2D eigenvalue weighted by molar-refractivity contribution is -0.146. The van der Waals surface area contributed by atoms with Crippen LogP contribution in [0.15, 0.2) is 0 Å². The molecule has 120 valence electrons. The molecule has 2 unspecified atom stereocenters. The van der Waals surface area contributed by atoms with E-state index in [0.29, 0.717) is 6.54 Å². The largest absolute Gasteiger partial charge is 0.480 e. The monoisotopic (exact) mass is 296 g/mol. The quantitative estimate of drug-likeness (QED) is 0.722. The second kappa shape index (κ2) is 6.77. The van der Waals surface area contributed by atoms with E-state index in [1.54, 1.807) is 0 Å². The van der Waals surface area contributed by atoms with Gasteiger partial charge in [-0.1, -0.05) is 33.1 Å². The van der Waals surface area contributed by atoms with Crippen molar-refractivity contribution in [1.29, 1.82) is 0 Å². The normalized spacial score (nSPS) is 28.5. The van der Waals surface area contributed by atoms with E-state index in [1.807, 2.05) is 13.8 Å². The number of hydrogen-bond donors (Lipinski definition) is 3. The minimum Gasteiger partial charge on any atom is -0.480 e. The first-order valence-electron chi connectivity index (χ1n) is 8.22. The second-order valence-electron chi connectivity index (χ2n) is 6.93. The van der Waals surface area contributed by atoms with Crippen molar-refractivity contribution in [2.24, 2.45) is 17.3 Å². The Hall–Kier alpha value is -1.10. The molecule has 0 spiro atoms. The molecule has 1 saturated carbocycles. The molecule has 1 heterocycles. The van der Waals surface area contributed by atoms with Crippen molar-refractivity contribution in [3.05, 3.63) is 0 Å². The van der Waals surface area contributed by atoms with E-state index in [2.05, 4.69) is 10.6 Å². The summed E-state index contributed by atoms with van der Waals surface area (Å²) in [6, 6.07) is -0.728. The van der Waals surface area contributed by atoms with Crippen LogP contribution in [-0.2, 0) is 9.59 Å². The number of carbonyl (C=O) groups is 2. The molecule has 0 aromatic heterocycles. The molecule has 3 N–H and O–H groups in total. The van der Waals surface area contributed by atoms with Crippen molar-refractivity contribution in [1.82, 2.24) is 10.6 Å². The van der Waals surface area contributed by atoms with Crippen LogP contribution in [0, 0.1) is 17.3 Å². The summed E-state index contributed by atoms with van der Waals surface area (Å²) in [4.78, 5) is 24.3. The summed E-state index contributed by atoms with van der Waals surface area (Å²) in [5, 5.41) is 15.6. The van der Waals surface area contributed by atoms with Gasteiger partial charge in [0.25, 0.3) is 0 Å². The summed E-state index contributed by atoms with van der Waals surface area (Å²) in [7, 11) is 0. The third-order valence-electron chi connectivity index (χ3n) is 5.42. The van der Waals surface area contributed by atoms with Gasteiger partial charge in [0.15, 0.2) is 0 Å². The Balaban J connectivity index is 2.08. The Morgan fingerprint density at radius 2 is 1.90 bits per heavy atom. The summed E-state index contributed by atoms with van der Waals surface area (Å²) in [6.45, 7) is 5.56. The highest BCUT2D eigenvalue weighted by Gasteiger charge is 2.45. The van der Waals surface area contributed by atoms with E-state index in [9.17, 15) is 14.7 Å². The van der Waals surface area contributed by atoms with Crippen molar-refractivity contribution < 1.29 is 14.7 Å². The summed E-state index contributed by atoms with van der Waals surface area (Å²) < 4.78 is 0. The molecule has 1 saturated heterocycles. The van der Waals surface area contributed by atoms with E-state index in [0.717, 1.165) is 38.6 Å². The summed E-state index contributed by atoms with van der Waals surface area (Å²) in [6.07, 6.45) is 5.92. The van der Waals surface area contributed by atoms with E-state index in [4.69, 9.17) is 0 Å². The molecule has 2 fully saturated rings. The molecule has 2 rings (SSSR count). The molecule has 0 aromatic rings. The van der Waals surface area contributed by atoms with Crippen molar-refractivity contribution in [3.63, 3.8) is 0 Å². The minimum absolute atomic E-state index is 0.0822. The summed E-state index contributed by atoms with van der Waals surface area (Å²) in [5.74, 6) is -0.687. The molecule has 1 aliphatic carbocycles. The number of amides is 1. The Bertz CT molecular complexity index is 383. The van der Waals surface area contributed by atoms with E-state index < -0.39 is 17.4 Å². The van der Waals surface area contributed by atoms with Gasteiger partial charge in [0.2, 0.25) is 5.91 Å². The van der Waals surface area contributed by atoms with Gasteiger partial charge in [0, 0.05) is 6.54 Å². The van der Waals surface area contributed by atoms with Crippen LogP contribution in [-0.4, -0.2) is 36.1 Å². The predicted octanol–water partition coefficient (Wildman–Crippen LogP) is 1.77. The Morgan fingerprint density at radius 3 is 2.38 bits per heavy atom. The molecule has 0 bridgehead atoms. The zero-order chi connectivity index (χ0) is 15.5. The molecule has 0 aromatic carbocycles. The molecule has 2 aliphatic rings. The number of carboxylic acids is 1. The van der Waals surface area contributed by atoms with Gasteiger partial charge in [-0.25, -0.2) is 4.79 Å². The van der Waals surface area contributed by atoms with Crippen LogP contribution >= 0.6 is 0 Å². The number of nitrogens with one attached hydrogen (secondary N) is 2. The van der Waals surface area contributed by atoms with Gasteiger partial charge in [-0.3, -0.25) is 4.79 Å². The lowest BCUT2D eigenvalue weighted by Crippen LogP contribution is -2.54. The van der Waals surface area contributed by atoms with Crippen LogP contribution in [0.4, 0.5) is 0 Å². The molecule has 1 aliphatic heterocycles. The molecular weight excluding hydrogens is 268 g/mol. The number of rotatable bonds is 5. The molecular formula is C16H28N2O3. The maximum atomic E-state index is 12.8. The van der Waals surface area contributed by atoms with Crippen LogP contribution in [0.2, 0.25) is 0 Å². The third-order valence-corrected chi connectivity index (χ3v) is 5.42. The van der Waals surface area contributed by atoms with Crippen LogP contribution in [0.5, 0.6) is 0 Å². The van der Waals surface area contributed by atoms with Crippen molar-refractivity contribution in [2.45, 2.75) is 58.4 Å². The average Bonchev–Trinajstić information content (AvgIpc) is 2.96. The first-order chi connectivity index (χ1) is 9.97. The van der Waals surface area contributed by atoms with Gasteiger partial charge in [0.05, 0.1) is 5.41 Å². The van der Waals surface area contributed by atoms with Crippen LogP contribution in [0.25, 0.3) is 0 Å². The molecule has 21 heavy (non-hydrogen) atoms. The number of carbonyl (C=O) groups excluding carboxylic acids is 1. The van der Waals surface area contributed by atoms with Gasteiger partial charge in [-0.2, -0.15) is 0 Å². The average molecular weight is 296 g/mol. The first-order valence-corrected chi connectivity index (χ1v) is 8.22.